The third-order valence-corrected chi connectivity index (χ3v) is 4.10. The van der Waals surface area contributed by atoms with Crippen LogP contribution in [0.25, 0.3) is 0 Å². The van der Waals surface area contributed by atoms with Gasteiger partial charge in [-0.05, 0) is 38.1 Å². The number of carbonyl (C=O) groups excluding carboxylic acids is 2. The summed E-state index contributed by atoms with van der Waals surface area (Å²) in [4.78, 5) is 27.8. The molecule has 1 aliphatic heterocycles. The van der Waals surface area contributed by atoms with Crippen molar-refractivity contribution >= 4 is 30.0 Å². The van der Waals surface area contributed by atoms with E-state index in [0.717, 1.165) is 18.8 Å². The van der Waals surface area contributed by atoms with Gasteiger partial charge in [0.1, 0.15) is 0 Å². The largest absolute Gasteiger partial charge is 0.465 e. The molecule has 2 unspecified atom stereocenters. The van der Waals surface area contributed by atoms with Crippen molar-refractivity contribution in [1.82, 2.24) is 4.90 Å². The van der Waals surface area contributed by atoms with Crippen LogP contribution < -0.4 is 10.6 Å². The molecule has 0 spiro atoms. The van der Waals surface area contributed by atoms with Gasteiger partial charge in [0.05, 0.1) is 12.7 Å². The third kappa shape index (κ3) is 4.85. The van der Waals surface area contributed by atoms with Gasteiger partial charge >= 0.3 is 5.97 Å². The fourth-order valence-electron chi connectivity index (χ4n) is 2.88. The molecule has 24 heavy (non-hydrogen) atoms. The molecule has 1 saturated heterocycles. The van der Waals surface area contributed by atoms with Gasteiger partial charge in [0.2, 0.25) is 5.91 Å². The van der Waals surface area contributed by atoms with E-state index >= 15 is 0 Å². The standard InChI is InChI=1S/C17H25N3O3.ClH/c1-12(18)10-16(21)20-9-8-19(11-13(20)2)15-6-4-14(5-7-15)17(22)23-3;/h4-7,12-13H,8-11,18H2,1-3H3;1H. The lowest BCUT2D eigenvalue weighted by Gasteiger charge is -2.41. The highest BCUT2D eigenvalue weighted by Gasteiger charge is 2.27. The molecule has 1 aromatic carbocycles. The number of benzene rings is 1. The van der Waals surface area contributed by atoms with Gasteiger partial charge in [-0.3, -0.25) is 4.79 Å². The Labute approximate surface area is 149 Å². The Morgan fingerprint density at radius 3 is 2.42 bits per heavy atom. The summed E-state index contributed by atoms with van der Waals surface area (Å²) in [6.45, 7) is 6.12. The normalized spacial score (nSPS) is 18.6. The number of piperazine rings is 1. The summed E-state index contributed by atoms with van der Waals surface area (Å²) in [6, 6.07) is 7.38. The van der Waals surface area contributed by atoms with Crippen LogP contribution in [0.3, 0.4) is 0 Å². The van der Waals surface area contributed by atoms with Gasteiger partial charge in [-0.15, -0.1) is 12.4 Å². The first-order valence-electron chi connectivity index (χ1n) is 7.90. The van der Waals surface area contributed by atoms with Gasteiger partial charge in [0.15, 0.2) is 0 Å². The highest BCUT2D eigenvalue weighted by Crippen LogP contribution is 2.20. The van der Waals surface area contributed by atoms with Crippen LogP contribution >= 0.6 is 12.4 Å². The van der Waals surface area contributed by atoms with Crippen LogP contribution in [-0.4, -0.2) is 55.6 Å². The minimum atomic E-state index is -0.337. The zero-order chi connectivity index (χ0) is 17.0. The van der Waals surface area contributed by atoms with E-state index in [1.165, 1.54) is 7.11 Å². The SMILES string of the molecule is COC(=O)c1ccc(N2CCN(C(=O)CC(C)N)C(C)C2)cc1.Cl. The second-order valence-corrected chi connectivity index (χ2v) is 6.10. The zero-order valence-corrected chi connectivity index (χ0v) is 15.2. The molecule has 2 rings (SSSR count). The first kappa shape index (κ1) is 20.3. The number of hydrogen-bond donors (Lipinski definition) is 1. The van der Waals surface area contributed by atoms with Crippen molar-refractivity contribution in [2.75, 3.05) is 31.6 Å². The number of nitrogens with two attached hydrogens (primary N) is 1. The van der Waals surface area contributed by atoms with Crippen LogP contribution in [0.4, 0.5) is 5.69 Å². The second-order valence-electron chi connectivity index (χ2n) is 6.10. The number of esters is 1. The molecule has 1 amide bonds. The van der Waals surface area contributed by atoms with Gasteiger partial charge in [0, 0.05) is 43.8 Å². The minimum Gasteiger partial charge on any atom is -0.465 e. The summed E-state index contributed by atoms with van der Waals surface area (Å²) >= 11 is 0. The van der Waals surface area contributed by atoms with Crippen molar-refractivity contribution < 1.29 is 14.3 Å². The molecule has 1 fully saturated rings. The van der Waals surface area contributed by atoms with E-state index in [0.29, 0.717) is 18.5 Å². The Kier molecular flexibility index (Phi) is 7.51. The number of amides is 1. The van der Waals surface area contributed by atoms with Crippen molar-refractivity contribution in [3.8, 4) is 0 Å². The number of halogens is 1. The first-order valence-corrected chi connectivity index (χ1v) is 7.90. The minimum absolute atomic E-state index is 0. The van der Waals surface area contributed by atoms with E-state index < -0.39 is 0 Å². The summed E-state index contributed by atoms with van der Waals surface area (Å²) in [5.74, 6) is -0.218. The lowest BCUT2D eigenvalue weighted by Crippen LogP contribution is -2.54. The molecule has 2 atom stereocenters. The maximum atomic E-state index is 12.2. The predicted molar refractivity (Wildman–Crippen MR) is 96.7 cm³/mol. The van der Waals surface area contributed by atoms with E-state index in [1.54, 1.807) is 12.1 Å². The quantitative estimate of drug-likeness (QED) is 0.831. The molecule has 7 heteroatoms. The van der Waals surface area contributed by atoms with Crippen LogP contribution in [0.5, 0.6) is 0 Å². The average Bonchev–Trinajstić information content (AvgIpc) is 2.53. The molecule has 1 heterocycles. The molecular weight excluding hydrogens is 330 g/mol. The molecule has 1 aromatic rings. The average molecular weight is 356 g/mol. The molecular formula is C17H26ClN3O3. The number of ether oxygens (including phenoxy) is 1. The Balaban J connectivity index is 0.00000288. The van der Waals surface area contributed by atoms with Crippen LogP contribution in [-0.2, 0) is 9.53 Å². The first-order chi connectivity index (χ1) is 10.9. The van der Waals surface area contributed by atoms with Crippen LogP contribution in [0, 0.1) is 0 Å². The summed E-state index contributed by atoms with van der Waals surface area (Å²) in [5, 5.41) is 0. The maximum absolute atomic E-state index is 12.2. The summed E-state index contributed by atoms with van der Waals surface area (Å²) in [5.41, 5.74) is 7.30. The van der Waals surface area contributed by atoms with Crippen molar-refractivity contribution in [2.24, 2.45) is 5.73 Å². The number of nitrogens with zero attached hydrogens (tertiary/aromatic N) is 2. The van der Waals surface area contributed by atoms with Crippen LogP contribution in [0.15, 0.2) is 24.3 Å². The molecule has 6 nitrogen and oxygen atoms in total. The van der Waals surface area contributed by atoms with E-state index in [-0.39, 0.29) is 36.4 Å². The summed E-state index contributed by atoms with van der Waals surface area (Å²) in [6.07, 6.45) is 0.387. The van der Waals surface area contributed by atoms with Crippen molar-refractivity contribution in [3.63, 3.8) is 0 Å². The lowest BCUT2D eigenvalue weighted by molar-refractivity contribution is -0.133. The molecule has 0 aromatic heterocycles. The molecule has 0 saturated carbocycles. The number of anilines is 1. The van der Waals surface area contributed by atoms with Crippen molar-refractivity contribution in [1.29, 1.82) is 0 Å². The van der Waals surface area contributed by atoms with Crippen molar-refractivity contribution in [2.45, 2.75) is 32.4 Å². The number of rotatable bonds is 4. The molecule has 2 N–H and O–H groups in total. The Morgan fingerprint density at radius 2 is 1.92 bits per heavy atom. The van der Waals surface area contributed by atoms with Gasteiger partial charge in [-0.25, -0.2) is 4.79 Å². The number of methoxy groups -OCH3 is 1. The highest BCUT2D eigenvalue weighted by molar-refractivity contribution is 5.89. The zero-order valence-electron chi connectivity index (χ0n) is 14.4. The molecule has 1 aliphatic rings. The summed E-state index contributed by atoms with van der Waals surface area (Å²) < 4.78 is 4.70. The molecule has 134 valence electrons. The highest BCUT2D eigenvalue weighted by atomic mass is 35.5. The van der Waals surface area contributed by atoms with E-state index in [9.17, 15) is 9.59 Å². The maximum Gasteiger partial charge on any atom is 0.337 e. The number of carbonyl (C=O) groups is 2. The third-order valence-electron chi connectivity index (χ3n) is 4.10. The van der Waals surface area contributed by atoms with Crippen LogP contribution in [0.2, 0.25) is 0 Å². The van der Waals surface area contributed by atoms with Gasteiger partial charge in [-0.1, -0.05) is 0 Å². The van der Waals surface area contributed by atoms with Crippen molar-refractivity contribution in [3.05, 3.63) is 29.8 Å². The topological polar surface area (TPSA) is 75.9 Å². The van der Waals surface area contributed by atoms with E-state index in [2.05, 4.69) is 4.90 Å². The lowest BCUT2D eigenvalue weighted by atomic mass is 10.1. The monoisotopic (exact) mass is 355 g/mol. The van der Waals surface area contributed by atoms with E-state index in [4.69, 9.17) is 10.5 Å². The molecule has 0 aliphatic carbocycles. The Hall–Kier alpha value is -1.79. The van der Waals surface area contributed by atoms with Crippen LogP contribution in [0.1, 0.15) is 30.6 Å². The number of hydrogen-bond acceptors (Lipinski definition) is 5. The summed E-state index contributed by atoms with van der Waals surface area (Å²) in [7, 11) is 1.37. The fraction of sp³-hybridized carbons (Fsp3) is 0.529. The fourth-order valence-corrected chi connectivity index (χ4v) is 2.88. The molecule has 0 radical (unpaired) electrons. The van der Waals surface area contributed by atoms with Gasteiger partial charge < -0.3 is 20.3 Å². The predicted octanol–water partition coefficient (Wildman–Crippen LogP) is 1.67. The Bertz CT molecular complexity index is 563. The van der Waals surface area contributed by atoms with Gasteiger partial charge in [0.25, 0.3) is 0 Å². The van der Waals surface area contributed by atoms with E-state index in [1.807, 2.05) is 30.9 Å². The second kappa shape index (κ2) is 8.89. The smallest absolute Gasteiger partial charge is 0.337 e. The van der Waals surface area contributed by atoms with Gasteiger partial charge in [-0.2, -0.15) is 0 Å². The Morgan fingerprint density at radius 1 is 1.29 bits per heavy atom. The molecule has 0 bridgehead atoms.